The average molecular weight is 274 g/mol. The zero-order chi connectivity index (χ0) is 14.2. The highest BCUT2D eigenvalue weighted by atomic mass is 16.6. The molecule has 0 bridgehead atoms. The highest BCUT2D eigenvalue weighted by Crippen LogP contribution is 1.83. The van der Waals surface area contributed by atoms with Gasteiger partial charge < -0.3 is 23.7 Å². The molecule has 0 unspecified atom stereocenters. The minimum Gasteiger partial charge on any atom is -0.463 e. The van der Waals surface area contributed by atoms with E-state index in [0.717, 1.165) is 0 Å². The maximum Gasteiger partial charge on any atom is 0.302 e. The Bertz CT molecular complexity index is 248. The minimum absolute atomic E-state index is 0.274. The molecule has 0 saturated heterocycles. The molecule has 0 aliphatic rings. The molecule has 0 saturated carbocycles. The lowest BCUT2D eigenvalue weighted by molar-refractivity contribution is -0.142. The summed E-state index contributed by atoms with van der Waals surface area (Å²) >= 11 is 0. The standard InChI is InChI=1S/C13H22O6/c1-3-4-15-5-6-16-7-8-17-9-10-18-11-12-19-13(2)14/h1H,4-12H2,2H3. The molecule has 0 spiro atoms. The van der Waals surface area contributed by atoms with Crippen molar-refractivity contribution in [1.29, 1.82) is 0 Å². The van der Waals surface area contributed by atoms with Crippen molar-refractivity contribution in [2.45, 2.75) is 6.92 Å². The lowest BCUT2D eigenvalue weighted by atomic mass is 10.7. The Hall–Kier alpha value is -1.13. The van der Waals surface area contributed by atoms with E-state index in [9.17, 15) is 4.79 Å². The topological polar surface area (TPSA) is 63.2 Å². The van der Waals surface area contributed by atoms with Crippen LogP contribution in [0.4, 0.5) is 0 Å². The molecule has 0 N–H and O–H groups in total. The molecule has 0 aromatic rings. The summed E-state index contributed by atoms with van der Waals surface area (Å²) < 4.78 is 25.4. The third-order valence-electron chi connectivity index (χ3n) is 1.83. The molecular formula is C13H22O6. The van der Waals surface area contributed by atoms with E-state index in [1.807, 2.05) is 0 Å². The van der Waals surface area contributed by atoms with E-state index in [1.54, 1.807) is 0 Å². The van der Waals surface area contributed by atoms with E-state index in [1.165, 1.54) is 6.92 Å². The van der Waals surface area contributed by atoms with Crippen LogP contribution in [0.15, 0.2) is 0 Å². The van der Waals surface area contributed by atoms with E-state index in [4.69, 9.17) is 30.1 Å². The molecule has 0 rings (SSSR count). The van der Waals surface area contributed by atoms with E-state index in [2.05, 4.69) is 5.92 Å². The smallest absolute Gasteiger partial charge is 0.302 e. The number of terminal acetylenes is 1. The number of carbonyl (C=O) groups excluding carboxylic acids is 1. The van der Waals surface area contributed by atoms with Crippen LogP contribution in [0.5, 0.6) is 0 Å². The Labute approximate surface area is 114 Å². The fourth-order valence-electron chi connectivity index (χ4n) is 1.04. The molecule has 110 valence electrons. The van der Waals surface area contributed by atoms with Gasteiger partial charge in [0, 0.05) is 6.92 Å². The van der Waals surface area contributed by atoms with Crippen molar-refractivity contribution in [3.63, 3.8) is 0 Å². The van der Waals surface area contributed by atoms with E-state index < -0.39 is 0 Å². The van der Waals surface area contributed by atoms with Gasteiger partial charge in [-0.1, -0.05) is 5.92 Å². The van der Waals surface area contributed by atoms with E-state index >= 15 is 0 Å². The van der Waals surface area contributed by atoms with Crippen LogP contribution in [-0.4, -0.2) is 65.4 Å². The lowest BCUT2D eigenvalue weighted by Gasteiger charge is -2.07. The number of esters is 1. The molecular weight excluding hydrogens is 252 g/mol. The molecule has 0 amide bonds. The van der Waals surface area contributed by atoms with Crippen LogP contribution in [0.1, 0.15) is 6.92 Å². The van der Waals surface area contributed by atoms with Gasteiger partial charge in [-0.3, -0.25) is 4.79 Å². The normalized spacial score (nSPS) is 10.1. The third-order valence-corrected chi connectivity index (χ3v) is 1.83. The van der Waals surface area contributed by atoms with Gasteiger partial charge in [-0.2, -0.15) is 0 Å². The summed E-state index contributed by atoms with van der Waals surface area (Å²) in [5, 5.41) is 0. The number of ether oxygens (including phenoxy) is 5. The monoisotopic (exact) mass is 274 g/mol. The summed E-state index contributed by atoms with van der Waals surface area (Å²) in [6.45, 7) is 5.28. The molecule has 0 heterocycles. The Morgan fingerprint density at radius 1 is 0.842 bits per heavy atom. The van der Waals surface area contributed by atoms with Crippen molar-refractivity contribution in [3.8, 4) is 12.3 Å². The first-order chi connectivity index (χ1) is 9.27. The fourth-order valence-corrected chi connectivity index (χ4v) is 1.04. The summed E-state index contributed by atoms with van der Waals surface area (Å²) in [5.41, 5.74) is 0. The number of carbonyl (C=O) groups is 1. The van der Waals surface area contributed by atoms with Gasteiger partial charge in [0.15, 0.2) is 0 Å². The van der Waals surface area contributed by atoms with Crippen molar-refractivity contribution in [1.82, 2.24) is 0 Å². The van der Waals surface area contributed by atoms with Gasteiger partial charge in [0.05, 0.1) is 46.2 Å². The zero-order valence-electron chi connectivity index (χ0n) is 11.4. The first-order valence-corrected chi connectivity index (χ1v) is 6.15. The van der Waals surface area contributed by atoms with Crippen molar-refractivity contribution >= 4 is 5.97 Å². The second-order valence-electron chi connectivity index (χ2n) is 3.43. The van der Waals surface area contributed by atoms with Crippen LogP contribution in [0.25, 0.3) is 0 Å². The molecule has 0 atom stereocenters. The molecule has 0 fully saturated rings. The summed E-state index contributed by atoms with van der Waals surface area (Å²) in [5.74, 6) is 2.07. The minimum atomic E-state index is -0.303. The quantitative estimate of drug-likeness (QED) is 0.272. The van der Waals surface area contributed by atoms with Gasteiger partial charge in [0.1, 0.15) is 13.2 Å². The van der Waals surface area contributed by atoms with Crippen molar-refractivity contribution in [2.24, 2.45) is 0 Å². The van der Waals surface area contributed by atoms with Gasteiger partial charge in [0.25, 0.3) is 0 Å². The number of rotatable bonds is 13. The fraction of sp³-hybridized carbons (Fsp3) is 0.769. The maximum atomic E-state index is 10.4. The SMILES string of the molecule is C#CCOCCOCCOCCOCCOC(C)=O. The molecule has 0 aliphatic carbocycles. The first-order valence-electron chi connectivity index (χ1n) is 6.15. The van der Waals surface area contributed by atoms with Gasteiger partial charge in [-0.05, 0) is 0 Å². The van der Waals surface area contributed by atoms with E-state index in [-0.39, 0.29) is 12.6 Å². The summed E-state index contributed by atoms with van der Waals surface area (Å²) in [6, 6.07) is 0. The van der Waals surface area contributed by atoms with Crippen molar-refractivity contribution in [3.05, 3.63) is 0 Å². The molecule has 0 aromatic carbocycles. The van der Waals surface area contributed by atoms with Crippen LogP contribution >= 0.6 is 0 Å². The third kappa shape index (κ3) is 16.9. The summed E-state index contributed by atoms with van der Waals surface area (Å²) in [7, 11) is 0. The van der Waals surface area contributed by atoms with Gasteiger partial charge in [-0.25, -0.2) is 0 Å². The molecule has 0 aromatic heterocycles. The Balaban J connectivity index is 2.95. The van der Waals surface area contributed by atoms with Gasteiger partial charge >= 0.3 is 5.97 Å². The molecule has 0 aliphatic heterocycles. The second kappa shape index (κ2) is 14.9. The van der Waals surface area contributed by atoms with Gasteiger partial charge in [-0.15, -0.1) is 6.42 Å². The molecule has 6 heteroatoms. The Morgan fingerprint density at radius 3 is 1.68 bits per heavy atom. The second-order valence-corrected chi connectivity index (χ2v) is 3.43. The van der Waals surface area contributed by atoms with Crippen LogP contribution < -0.4 is 0 Å². The highest BCUT2D eigenvalue weighted by Gasteiger charge is 1.94. The molecule has 6 nitrogen and oxygen atoms in total. The van der Waals surface area contributed by atoms with E-state index in [0.29, 0.717) is 52.9 Å². The van der Waals surface area contributed by atoms with Crippen molar-refractivity contribution in [2.75, 3.05) is 59.5 Å². The number of hydrogen-bond donors (Lipinski definition) is 0. The lowest BCUT2D eigenvalue weighted by Crippen LogP contribution is -2.13. The predicted molar refractivity (Wildman–Crippen MR) is 68.7 cm³/mol. The highest BCUT2D eigenvalue weighted by molar-refractivity contribution is 5.65. The van der Waals surface area contributed by atoms with Crippen LogP contribution in [0.2, 0.25) is 0 Å². The predicted octanol–water partition coefficient (Wildman–Crippen LogP) is 0.249. The van der Waals surface area contributed by atoms with Crippen LogP contribution in [0, 0.1) is 12.3 Å². The number of hydrogen-bond acceptors (Lipinski definition) is 6. The van der Waals surface area contributed by atoms with Crippen LogP contribution in [0.3, 0.4) is 0 Å². The van der Waals surface area contributed by atoms with Crippen LogP contribution in [-0.2, 0) is 28.5 Å². The Kier molecular flexibility index (Phi) is 14.0. The maximum absolute atomic E-state index is 10.4. The molecule has 0 radical (unpaired) electrons. The summed E-state index contributed by atoms with van der Waals surface area (Å²) in [6.07, 6.45) is 5.01. The largest absolute Gasteiger partial charge is 0.463 e. The molecule has 19 heavy (non-hydrogen) atoms. The summed E-state index contributed by atoms with van der Waals surface area (Å²) in [4.78, 5) is 10.4. The zero-order valence-corrected chi connectivity index (χ0v) is 11.4. The first kappa shape index (κ1) is 17.9. The van der Waals surface area contributed by atoms with Gasteiger partial charge in [0.2, 0.25) is 0 Å². The average Bonchev–Trinajstić information content (AvgIpc) is 2.39. The van der Waals surface area contributed by atoms with Crippen molar-refractivity contribution < 1.29 is 28.5 Å². The Morgan fingerprint density at radius 2 is 1.26 bits per heavy atom.